The Morgan fingerprint density at radius 3 is 2.00 bits per heavy atom. The first-order chi connectivity index (χ1) is 7.69. The quantitative estimate of drug-likeness (QED) is 0.699. The van der Waals surface area contributed by atoms with Crippen LogP contribution in [0.1, 0.15) is 6.92 Å². The van der Waals surface area contributed by atoms with Crippen LogP contribution in [0, 0.1) is 5.92 Å². The normalized spacial score (nSPS) is 39.9. The van der Waals surface area contributed by atoms with Gasteiger partial charge in [-0.1, -0.05) is 6.92 Å². The molecule has 0 aromatic carbocycles. The van der Waals surface area contributed by atoms with Gasteiger partial charge in [-0.3, -0.25) is 0 Å². The van der Waals surface area contributed by atoms with Gasteiger partial charge in [-0.15, -0.1) is 0 Å². The summed E-state index contributed by atoms with van der Waals surface area (Å²) >= 11 is 0. The van der Waals surface area contributed by atoms with Gasteiger partial charge in [-0.05, 0) is 0 Å². The summed E-state index contributed by atoms with van der Waals surface area (Å²) in [6.07, 6.45) is -0.709. The van der Waals surface area contributed by atoms with Crippen molar-refractivity contribution in [2.45, 2.75) is 31.5 Å². The van der Waals surface area contributed by atoms with Gasteiger partial charge in [0.15, 0.2) is 6.29 Å². The SMILES string of the molecule is COCC1O[C@H](OC)C(OC)[C@H](OC)[C@H]1C. The van der Waals surface area contributed by atoms with Gasteiger partial charge in [-0.2, -0.15) is 0 Å². The fourth-order valence-corrected chi connectivity index (χ4v) is 2.18. The minimum absolute atomic E-state index is 0.0358. The van der Waals surface area contributed by atoms with Crippen LogP contribution in [0.5, 0.6) is 0 Å². The largest absolute Gasteiger partial charge is 0.382 e. The summed E-state index contributed by atoms with van der Waals surface area (Å²) in [7, 11) is 6.57. The molecule has 0 aromatic rings. The lowest BCUT2D eigenvalue weighted by Crippen LogP contribution is -2.56. The highest BCUT2D eigenvalue weighted by atomic mass is 16.7. The molecule has 2 unspecified atom stereocenters. The van der Waals surface area contributed by atoms with E-state index < -0.39 is 6.29 Å². The molecule has 1 aliphatic heterocycles. The summed E-state index contributed by atoms with van der Waals surface area (Å²) in [5.74, 6) is 0.196. The predicted octanol–water partition coefficient (Wildman–Crippen LogP) is 0.670. The van der Waals surface area contributed by atoms with Crippen molar-refractivity contribution in [3.05, 3.63) is 0 Å². The molecule has 0 aromatic heterocycles. The van der Waals surface area contributed by atoms with E-state index in [4.69, 9.17) is 23.7 Å². The molecule has 0 spiro atoms. The van der Waals surface area contributed by atoms with Crippen molar-refractivity contribution in [3.8, 4) is 0 Å². The van der Waals surface area contributed by atoms with E-state index in [1.54, 1.807) is 28.4 Å². The molecule has 0 amide bonds. The lowest BCUT2D eigenvalue weighted by molar-refractivity contribution is -0.290. The molecular weight excluding hydrogens is 212 g/mol. The van der Waals surface area contributed by atoms with Crippen LogP contribution in [0.3, 0.4) is 0 Å². The van der Waals surface area contributed by atoms with E-state index in [0.717, 1.165) is 0 Å². The first-order valence-electron chi connectivity index (χ1n) is 5.42. The molecule has 0 radical (unpaired) electrons. The Morgan fingerprint density at radius 2 is 1.56 bits per heavy atom. The van der Waals surface area contributed by atoms with E-state index in [9.17, 15) is 0 Å². The van der Waals surface area contributed by atoms with Crippen LogP contribution in [0.15, 0.2) is 0 Å². The Labute approximate surface area is 97.0 Å². The second-order valence-corrected chi connectivity index (χ2v) is 3.99. The Hall–Kier alpha value is -0.200. The van der Waals surface area contributed by atoms with Gasteiger partial charge in [0.25, 0.3) is 0 Å². The van der Waals surface area contributed by atoms with E-state index in [1.165, 1.54) is 0 Å². The molecule has 0 N–H and O–H groups in total. The summed E-state index contributed by atoms with van der Waals surface area (Å²) in [6.45, 7) is 2.59. The Kier molecular flexibility index (Phi) is 5.64. The van der Waals surface area contributed by atoms with Crippen LogP contribution in [0.25, 0.3) is 0 Å². The van der Waals surface area contributed by atoms with Crippen molar-refractivity contribution in [1.29, 1.82) is 0 Å². The van der Waals surface area contributed by atoms with Crippen LogP contribution < -0.4 is 0 Å². The number of rotatable bonds is 5. The number of hydrogen-bond acceptors (Lipinski definition) is 5. The van der Waals surface area contributed by atoms with Crippen molar-refractivity contribution < 1.29 is 23.7 Å². The van der Waals surface area contributed by atoms with Gasteiger partial charge in [0, 0.05) is 34.4 Å². The molecule has 0 bridgehead atoms. The van der Waals surface area contributed by atoms with Crippen molar-refractivity contribution >= 4 is 0 Å². The third-order valence-corrected chi connectivity index (χ3v) is 3.11. The van der Waals surface area contributed by atoms with Gasteiger partial charge in [0.2, 0.25) is 0 Å². The molecule has 1 heterocycles. The number of ether oxygens (including phenoxy) is 5. The zero-order valence-electron chi connectivity index (χ0n) is 10.6. The Morgan fingerprint density at radius 1 is 0.938 bits per heavy atom. The average Bonchev–Trinajstić information content (AvgIpc) is 2.31. The van der Waals surface area contributed by atoms with Gasteiger partial charge < -0.3 is 23.7 Å². The summed E-state index contributed by atoms with van der Waals surface area (Å²) < 4.78 is 27.0. The second-order valence-electron chi connectivity index (χ2n) is 3.99. The first kappa shape index (κ1) is 13.9. The molecule has 1 saturated heterocycles. The molecule has 16 heavy (non-hydrogen) atoms. The fourth-order valence-electron chi connectivity index (χ4n) is 2.18. The number of methoxy groups -OCH3 is 4. The third-order valence-electron chi connectivity index (χ3n) is 3.11. The Bertz CT molecular complexity index is 199. The van der Waals surface area contributed by atoms with E-state index in [2.05, 4.69) is 6.92 Å². The lowest BCUT2D eigenvalue weighted by Gasteiger charge is -2.43. The maximum Gasteiger partial charge on any atom is 0.186 e. The highest BCUT2D eigenvalue weighted by Gasteiger charge is 2.44. The van der Waals surface area contributed by atoms with E-state index in [1.807, 2.05) is 0 Å². The molecule has 0 aliphatic carbocycles. The summed E-state index contributed by atoms with van der Waals surface area (Å²) in [5.41, 5.74) is 0. The zero-order chi connectivity index (χ0) is 12.1. The van der Waals surface area contributed by atoms with Gasteiger partial charge in [0.05, 0.1) is 18.8 Å². The molecule has 5 heteroatoms. The van der Waals surface area contributed by atoms with Gasteiger partial charge in [0.1, 0.15) is 6.10 Å². The molecule has 0 saturated carbocycles. The van der Waals surface area contributed by atoms with Crippen LogP contribution in [-0.2, 0) is 23.7 Å². The Balaban J connectivity index is 2.76. The highest BCUT2D eigenvalue weighted by molar-refractivity contribution is 4.88. The summed E-state index contributed by atoms with van der Waals surface area (Å²) in [5, 5.41) is 0. The fraction of sp³-hybridized carbons (Fsp3) is 1.00. The second kappa shape index (κ2) is 6.51. The number of hydrogen-bond donors (Lipinski definition) is 0. The summed E-state index contributed by atoms with van der Waals surface area (Å²) in [6, 6.07) is 0. The predicted molar refractivity (Wildman–Crippen MR) is 58.3 cm³/mol. The van der Waals surface area contributed by atoms with Crippen LogP contribution in [-0.4, -0.2) is 59.6 Å². The molecule has 1 aliphatic rings. The lowest BCUT2D eigenvalue weighted by atomic mass is 9.90. The smallest absolute Gasteiger partial charge is 0.186 e. The first-order valence-corrected chi connectivity index (χ1v) is 5.42. The average molecular weight is 234 g/mol. The van der Waals surface area contributed by atoms with Crippen molar-refractivity contribution in [2.24, 2.45) is 5.92 Å². The van der Waals surface area contributed by atoms with Crippen molar-refractivity contribution in [1.82, 2.24) is 0 Å². The minimum atomic E-state index is -0.411. The van der Waals surface area contributed by atoms with Crippen LogP contribution in [0.2, 0.25) is 0 Å². The third kappa shape index (κ3) is 2.73. The van der Waals surface area contributed by atoms with Crippen molar-refractivity contribution in [3.63, 3.8) is 0 Å². The van der Waals surface area contributed by atoms with E-state index in [-0.39, 0.29) is 24.2 Å². The zero-order valence-corrected chi connectivity index (χ0v) is 10.6. The van der Waals surface area contributed by atoms with E-state index in [0.29, 0.717) is 6.61 Å². The molecule has 5 nitrogen and oxygen atoms in total. The standard InChI is InChI=1S/C11H22O5/c1-7-8(6-12-2)16-11(15-5)10(14-4)9(7)13-3/h7-11H,6H2,1-5H3/t7-,8?,9+,10?,11-/m0/s1. The van der Waals surface area contributed by atoms with E-state index >= 15 is 0 Å². The van der Waals surface area contributed by atoms with Crippen LogP contribution >= 0.6 is 0 Å². The highest BCUT2D eigenvalue weighted by Crippen LogP contribution is 2.29. The van der Waals surface area contributed by atoms with Gasteiger partial charge in [-0.25, -0.2) is 0 Å². The maximum absolute atomic E-state index is 5.77. The molecule has 1 fully saturated rings. The van der Waals surface area contributed by atoms with Gasteiger partial charge >= 0.3 is 0 Å². The topological polar surface area (TPSA) is 46.2 Å². The summed E-state index contributed by atoms with van der Waals surface area (Å²) in [4.78, 5) is 0. The minimum Gasteiger partial charge on any atom is -0.382 e. The molecule has 96 valence electrons. The van der Waals surface area contributed by atoms with Crippen molar-refractivity contribution in [2.75, 3.05) is 35.0 Å². The monoisotopic (exact) mass is 234 g/mol. The molecule has 5 atom stereocenters. The molecule has 1 rings (SSSR count). The molecular formula is C11H22O5. The van der Waals surface area contributed by atoms with Crippen LogP contribution in [0.4, 0.5) is 0 Å². The maximum atomic E-state index is 5.77.